The summed E-state index contributed by atoms with van der Waals surface area (Å²) >= 11 is 0. The predicted octanol–water partition coefficient (Wildman–Crippen LogP) is 2.49. The molecule has 0 saturated carbocycles. The summed E-state index contributed by atoms with van der Waals surface area (Å²) in [6.07, 6.45) is 3.84. The standard InChI is InChI=1S/C24H34N4O4/c1-3-13-26-15-11-24(12-16-26)22(30)28(23(31)25-24)18-8-7-14-27(17-18)21(29)19-9-5-6-10-20(19)32-4-2/h5-6,9-10,18H,3-4,7-8,11-17H2,1-2H3,(H,25,31)/t18-/m0/s1. The van der Waals surface area contributed by atoms with Gasteiger partial charge in [-0.05, 0) is 57.7 Å². The Balaban J connectivity index is 1.46. The van der Waals surface area contributed by atoms with Gasteiger partial charge in [-0.15, -0.1) is 0 Å². The third-order valence-electron chi connectivity index (χ3n) is 6.91. The minimum absolute atomic E-state index is 0.117. The minimum Gasteiger partial charge on any atom is -0.493 e. The Morgan fingerprint density at radius 1 is 1.16 bits per heavy atom. The fourth-order valence-electron chi connectivity index (χ4n) is 5.23. The molecule has 8 heteroatoms. The molecule has 1 aromatic carbocycles. The zero-order valence-corrected chi connectivity index (χ0v) is 19.1. The van der Waals surface area contributed by atoms with Crippen LogP contribution in [0.3, 0.4) is 0 Å². The lowest BCUT2D eigenvalue weighted by Crippen LogP contribution is -2.56. The number of rotatable bonds is 6. The molecule has 3 heterocycles. The second-order valence-corrected chi connectivity index (χ2v) is 9.01. The molecular formula is C24H34N4O4. The van der Waals surface area contributed by atoms with Crippen LogP contribution in [0.25, 0.3) is 0 Å². The number of hydrogen-bond donors (Lipinski definition) is 1. The van der Waals surface area contributed by atoms with E-state index in [-0.39, 0.29) is 23.9 Å². The summed E-state index contributed by atoms with van der Waals surface area (Å²) in [5.74, 6) is 0.330. The van der Waals surface area contributed by atoms with Gasteiger partial charge in [0.1, 0.15) is 11.3 Å². The Morgan fingerprint density at radius 3 is 2.62 bits per heavy atom. The molecule has 0 radical (unpaired) electrons. The van der Waals surface area contributed by atoms with E-state index in [9.17, 15) is 14.4 Å². The van der Waals surface area contributed by atoms with Crippen LogP contribution in [0, 0.1) is 0 Å². The number of para-hydroxylation sites is 1. The van der Waals surface area contributed by atoms with E-state index in [0.29, 0.717) is 50.3 Å². The smallest absolute Gasteiger partial charge is 0.325 e. The first-order chi connectivity index (χ1) is 15.5. The van der Waals surface area contributed by atoms with Crippen LogP contribution in [0.2, 0.25) is 0 Å². The summed E-state index contributed by atoms with van der Waals surface area (Å²) in [6, 6.07) is 6.62. The van der Waals surface area contributed by atoms with Crippen molar-refractivity contribution in [3.05, 3.63) is 29.8 Å². The molecule has 0 aliphatic carbocycles. The fraction of sp³-hybridized carbons (Fsp3) is 0.625. The van der Waals surface area contributed by atoms with Gasteiger partial charge in [0.05, 0.1) is 18.2 Å². The van der Waals surface area contributed by atoms with Crippen molar-refractivity contribution in [1.82, 2.24) is 20.0 Å². The Kier molecular flexibility index (Phi) is 6.69. The maximum Gasteiger partial charge on any atom is 0.325 e. The van der Waals surface area contributed by atoms with Crippen molar-refractivity contribution in [2.24, 2.45) is 0 Å². The van der Waals surface area contributed by atoms with Crippen LogP contribution in [0.15, 0.2) is 24.3 Å². The molecule has 0 unspecified atom stereocenters. The van der Waals surface area contributed by atoms with Gasteiger partial charge in [-0.25, -0.2) is 4.79 Å². The Morgan fingerprint density at radius 2 is 1.91 bits per heavy atom. The molecule has 3 aliphatic rings. The molecule has 32 heavy (non-hydrogen) atoms. The maximum absolute atomic E-state index is 13.4. The molecule has 0 aromatic heterocycles. The first-order valence-corrected chi connectivity index (χ1v) is 11.9. The maximum atomic E-state index is 13.4. The number of carbonyl (C=O) groups excluding carboxylic acids is 3. The van der Waals surface area contributed by atoms with Crippen molar-refractivity contribution in [2.75, 3.05) is 39.3 Å². The number of urea groups is 1. The largest absolute Gasteiger partial charge is 0.493 e. The number of ether oxygens (including phenoxy) is 1. The number of hydrogen-bond acceptors (Lipinski definition) is 5. The van der Waals surface area contributed by atoms with Gasteiger partial charge in [-0.1, -0.05) is 19.1 Å². The van der Waals surface area contributed by atoms with Crippen LogP contribution in [0.1, 0.15) is 56.3 Å². The Labute approximate surface area is 189 Å². The van der Waals surface area contributed by atoms with Crippen molar-refractivity contribution in [3.63, 3.8) is 0 Å². The van der Waals surface area contributed by atoms with E-state index >= 15 is 0 Å². The van der Waals surface area contributed by atoms with Gasteiger partial charge in [-0.2, -0.15) is 0 Å². The highest BCUT2D eigenvalue weighted by atomic mass is 16.5. The highest BCUT2D eigenvalue weighted by molar-refractivity contribution is 6.07. The fourth-order valence-corrected chi connectivity index (χ4v) is 5.23. The summed E-state index contributed by atoms with van der Waals surface area (Å²) in [5, 5.41) is 3.02. The molecule has 4 rings (SSSR count). The van der Waals surface area contributed by atoms with E-state index in [1.165, 1.54) is 4.90 Å². The number of imide groups is 1. The summed E-state index contributed by atoms with van der Waals surface area (Å²) in [5.41, 5.74) is -0.262. The number of nitrogens with one attached hydrogen (secondary N) is 1. The molecule has 1 N–H and O–H groups in total. The van der Waals surface area contributed by atoms with Crippen LogP contribution in [0.4, 0.5) is 4.79 Å². The topological polar surface area (TPSA) is 82.2 Å². The van der Waals surface area contributed by atoms with Crippen LogP contribution in [0.5, 0.6) is 5.75 Å². The van der Waals surface area contributed by atoms with E-state index in [1.54, 1.807) is 17.0 Å². The normalized spacial score (nSPS) is 23.5. The van der Waals surface area contributed by atoms with Crippen molar-refractivity contribution in [2.45, 2.75) is 57.5 Å². The molecule has 1 aromatic rings. The van der Waals surface area contributed by atoms with Crippen LogP contribution in [-0.2, 0) is 4.79 Å². The second-order valence-electron chi connectivity index (χ2n) is 9.01. The monoisotopic (exact) mass is 442 g/mol. The van der Waals surface area contributed by atoms with Gasteiger partial charge in [-0.3, -0.25) is 14.5 Å². The van der Waals surface area contributed by atoms with Gasteiger partial charge in [0.25, 0.3) is 11.8 Å². The molecule has 3 fully saturated rings. The molecule has 3 saturated heterocycles. The zero-order valence-electron chi connectivity index (χ0n) is 19.1. The first-order valence-electron chi connectivity index (χ1n) is 11.9. The van der Waals surface area contributed by atoms with Gasteiger partial charge in [0.15, 0.2) is 0 Å². The molecule has 174 valence electrons. The highest BCUT2D eigenvalue weighted by Crippen LogP contribution is 2.33. The van der Waals surface area contributed by atoms with E-state index in [4.69, 9.17) is 4.74 Å². The third kappa shape index (κ3) is 4.20. The second kappa shape index (κ2) is 9.48. The van der Waals surface area contributed by atoms with Gasteiger partial charge in [0.2, 0.25) is 0 Å². The molecule has 1 spiro atoms. The number of piperidine rings is 2. The quantitative estimate of drug-likeness (QED) is 0.685. The molecule has 3 aliphatic heterocycles. The van der Waals surface area contributed by atoms with E-state index in [2.05, 4.69) is 17.1 Å². The molecule has 4 amide bonds. The van der Waals surface area contributed by atoms with Gasteiger partial charge in [0, 0.05) is 26.2 Å². The third-order valence-corrected chi connectivity index (χ3v) is 6.91. The lowest BCUT2D eigenvalue weighted by atomic mass is 9.87. The first kappa shape index (κ1) is 22.6. The van der Waals surface area contributed by atoms with Crippen LogP contribution >= 0.6 is 0 Å². The number of benzene rings is 1. The lowest BCUT2D eigenvalue weighted by molar-refractivity contribution is -0.135. The number of amides is 4. The van der Waals surface area contributed by atoms with Gasteiger partial charge < -0.3 is 19.9 Å². The number of carbonyl (C=O) groups is 3. The SMILES string of the molecule is CCCN1CCC2(CC1)NC(=O)N([C@H]1CCCN(C(=O)c3ccccc3OCC)C1)C2=O. The average Bonchev–Trinajstić information content (AvgIpc) is 3.05. The van der Waals surface area contributed by atoms with E-state index in [0.717, 1.165) is 32.5 Å². The number of nitrogens with zero attached hydrogens (tertiary/aromatic N) is 3. The van der Waals surface area contributed by atoms with Gasteiger partial charge >= 0.3 is 6.03 Å². The van der Waals surface area contributed by atoms with Crippen LogP contribution < -0.4 is 10.1 Å². The molecule has 1 atom stereocenters. The van der Waals surface area contributed by atoms with Crippen molar-refractivity contribution < 1.29 is 19.1 Å². The minimum atomic E-state index is -0.783. The molecule has 0 bridgehead atoms. The van der Waals surface area contributed by atoms with E-state index in [1.807, 2.05) is 19.1 Å². The summed E-state index contributed by atoms with van der Waals surface area (Å²) < 4.78 is 5.63. The Bertz CT molecular complexity index is 865. The zero-order chi connectivity index (χ0) is 22.7. The van der Waals surface area contributed by atoms with Crippen molar-refractivity contribution in [3.8, 4) is 5.75 Å². The molecule has 8 nitrogen and oxygen atoms in total. The van der Waals surface area contributed by atoms with E-state index < -0.39 is 5.54 Å². The lowest BCUT2D eigenvalue weighted by Gasteiger charge is -2.39. The van der Waals surface area contributed by atoms with Crippen molar-refractivity contribution in [1.29, 1.82) is 0 Å². The predicted molar refractivity (Wildman–Crippen MR) is 121 cm³/mol. The van der Waals surface area contributed by atoms with Crippen molar-refractivity contribution >= 4 is 17.8 Å². The summed E-state index contributed by atoms with van der Waals surface area (Å²) in [7, 11) is 0. The molecular weight excluding hydrogens is 408 g/mol. The summed E-state index contributed by atoms with van der Waals surface area (Å²) in [6.45, 7) is 8.13. The number of likely N-dealkylation sites (tertiary alicyclic amines) is 2. The summed E-state index contributed by atoms with van der Waals surface area (Å²) in [4.78, 5) is 45.1. The highest BCUT2D eigenvalue weighted by Gasteiger charge is 2.54. The average molecular weight is 443 g/mol. The Hall–Kier alpha value is -2.61. The van der Waals surface area contributed by atoms with Crippen LogP contribution in [-0.4, -0.2) is 83.5 Å².